The highest BCUT2D eigenvalue weighted by Gasteiger charge is 2.26. The molecule has 0 spiro atoms. The van der Waals surface area contributed by atoms with E-state index in [2.05, 4.69) is 4.90 Å². The third-order valence-electron chi connectivity index (χ3n) is 5.95. The summed E-state index contributed by atoms with van der Waals surface area (Å²) in [6.45, 7) is 4.44. The van der Waals surface area contributed by atoms with Crippen LogP contribution >= 0.6 is 11.6 Å². The number of likely N-dealkylation sites (tertiary alicyclic amines) is 1. The van der Waals surface area contributed by atoms with Crippen LogP contribution in [-0.4, -0.2) is 50.7 Å². The standard InChI is InChI=1S/C25H29ClN2O3/c1-30-23-17-20-11-14-28(25(29)10-9-19-7-3-4-8-21(19)26)22(20)18-24(23)31-16-15-27-12-5-2-6-13-27/h3-4,7-10,17-18H,2,5-6,11-16H2,1H3. The fraction of sp³-hybridized carbons (Fsp3) is 0.400. The number of amides is 1. The van der Waals surface area contributed by atoms with E-state index in [1.807, 2.05) is 36.4 Å². The first-order chi connectivity index (χ1) is 15.2. The van der Waals surface area contributed by atoms with Gasteiger partial charge in [-0.3, -0.25) is 9.69 Å². The summed E-state index contributed by atoms with van der Waals surface area (Å²) in [7, 11) is 1.66. The van der Waals surface area contributed by atoms with E-state index < -0.39 is 0 Å². The fourth-order valence-corrected chi connectivity index (χ4v) is 4.42. The molecule has 164 valence electrons. The van der Waals surface area contributed by atoms with Gasteiger partial charge in [0, 0.05) is 30.3 Å². The second kappa shape index (κ2) is 10.2. The lowest BCUT2D eigenvalue weighted by Gasteiger charge is -2.26. The van der Waals surface area contributed by atoms with Gasteiger partial charge < -0.3 is 14.4 Å². The Kier molecular flexibility index (Phi) is 7.15. The summed E-state index contributed by atoms with van der Waals surface area (Å²) in [5.74, 6) is 1.34. The van der Waals surface area contributed by atoms with Crippen molar-refractivity contribution < 1.29 is 14.3 Å². The van der Waals surface area contributed by atoms with Crippen LogP contribution in [0.25, 0.3) is 6.08 Å². The van der Waals surface area contributed by atoms with Crippen LogP contribution in [0.1, 0.15) is 30.4 Å². The lowest BCUT2D eigenvalue weighted by atomic mass is 10.1. The largest absolute Gasteiger partial charge is 0.493 e. The van der Waals surface area contributed by atoms with E-state index >= 15 is 0 Å². The minimum atomic E-state index is -0.0666. The molecule has 0 bridgehead atoms. The van der Waals surface area contributed by atoms with Gasteiger partial charge in [0.1, 0.15) is 6.61 Å². The van der Waals surface area contributed by atoms with Crippen LogP contribution in [0.2, 0.25) is 5.02 Å². The molecule has 2 aromatic carbocycles. The van der Waals surface area contributed by atoms with Crippen molar-refractivity contribution in [1.82, 2.24) is 4.90 Å². The molecular formula is C25H29ClN2O3. The topological polar surface area (TPSA) is 42.0 Å². The molecule has 2 aliphatic heterocycles. The van der Waals surface area contributed by atoms with Crippen LogP contribution in [0, 0.1) is 0 Å². The second-order valence-corrected chi connectivity index (χ2v) is 8.38. The van der Waals surface area contributed by atoms with Crippen LogP contribution in [0.15, 0.2) is 42.5 Å². The quantitative estimate of drug-likeness (QED) is 0.579. The van der Waals surface area contributed by atoms with E-state index in [9.17, 15) is 4.79 Å². The number of rotatable bonds is 7. The number of carbonyl (C=O) groups is 1. The maximum absolute atomic E-state index is 12.9. The van der Waals surface area contributed by atoms with Crippen LogP contribution in [0.5, 0.6) is 11.5 Å². The van der Waals surface area contributed by atoms with Gasteiger partial charge in [-0.2, -0.15) is 0 Å². The van der Waals surface area contributed by atoms with Crippen molar-refractivity contribution in [2.75, 3.05) is 44.8 Å². The van der Waals surface area contributed by atoms with Gasteiger partial charge >= 0.3 is 0 Å². The number of carbonyl (C=O) groups excluding carboxylic acids is 1. The zero-order valence-corrected chi connectivity index (χ0v) is 18.7. The summed E-state index contributed by atoms with van der Waals surface area (Å²) in [5, 5.41) is 0.627. The Morgan fingerprint density at radius 1 is 1.10 bits per heavy atom. The Balaban J connectivity index is 1.46. The van der Waals surface area contributed by atoms with Crippen LogP contribution in [-0.2, 0) is 11.2 Å². The molecule has 2 heterocycles. The van der Waals surface area contributed by atoms with Crippen LogP contribution in [0.4, 0.5) is 5.69 Å². The Morgan fingerprint density at radius 3 is 2.68 bits per heavy atom. The molecule has 0 atom stereocenters. The van der Waals surface area contributed by atoms with Crippen molar-refractivity contribution in [1.29, 1.82) is 0 Å². The van der Waals surface area contributed by atoms with Crippen molar-refractivity contribution in [2.24, 2.45) is 0 Å². The lowest BCUT2D eigenvalue weighted by Crippen LogP contribution is -2.33. The Labute approximate surface area is 189 Å². The highest BCUT2D eigenvalue weighted by atomic mass is 35.5. The van der Waals surface area contributed by atoms with Gasteiger partial charge in [0.15, 0.2) is 11.5 Å². The second-order valence-electron chi connectivity index (χ2n) is 7.98. The molecule has 2 aliphatic rings. The smallest absolute Gasteiger partial charge is 0.251 e. The molecule has 0 saturated carbocycles. The van der Waals surface area contributed by atoms with E-state index in [-0.39, 0.29) is 5.91 Å². The van der Waals surface area contributed by atoms with Gasteiger partial charge in [-0.05, 0) is 61.7 Å². The molecule has 0 aromatic heterocycles. The van der Waals surface area contributed by atoms with E-state index in [0.29, 0.717) is 23.9 Å². The Morgan fingerprint density at radius 2 is 1.90 bits per heavy atom. The third-order valence-corrected chi connectivity index (χ3v) is 6.30. The molecule has 1 saturated heterocycles. The Hall–Kier alpha value is -2.50. The minimum absolute atomic E-state index is 0.0666. The van der Waals surface area contributed by atoms with E-state index in [4.69, 9.17) is 21.1 Å². The number of nitrogens with zero attached hydrogens (tertiary/aromatic N) is 2. The molecule has 0 radical (unpaired) electrons. The number of hydrogen-bond acceptors (Lipinski definition) is 4. The first-order valence-electron chi connectivity index (χ1n) is 11.0. The van der Waals surface area contributed by atoms with E-state index in [1.165, 1.54) is 19.3 Å². The van der Waals surface area contributed by atoms with Crippen LogP contribution < -0.4 is 14.4 Å². The first-order valence-corrected chi connectivity index (χ1v) is 11.3. The first kappa shape index (κ1) is 21.7. The van der Waals surface area contributed by atoms with Gasteiger partial charge in [-0.1, -0.05) is 36.2 Å². The molecule has 1 amide bonds. The zero-order chi connectivity index (χ0) is 21.6. The predicted molar refractivity (Wildman–Crippen MR) is 125 cm³/mol. The lowest BCUT2D eigenvalue weighted by molar-refractivity contribution is -0.114. The van der Waals surface area contributed by atoms with Gasteiger partial charge in [0.25, 0.3) is 5.91 Å². The monoisotopic (exact) mass is 440 g/mol. The molecule has 0 aliphatic carbocycles. The van der Waals surface area contributed by atoms with E-state index in [1.54, 1.807) is 24.2 Å². The maximum atomic E-state index is 12.9. The maximum Gasteiger partial charge on any atom is 0.251 e. The third kappa shape index (κ3) is 5.23. The summed E-state index contributed by atoms with van der Waals surface area (Å²) < 4.78 is 11.6. The number of hydrogen-bond donors (Lipinski definition) is 0. The van der Waals surface area contributed by atoms with E-state index in [0.717, 1.165) is 48.6 Å². The number of piperidine rings is 1. The predicted octanol–water partition coefficient (Wildman–Crippen LogP) is 4.82. The van der Waals surface area contributed by atoms with Gasteiger partial charge in [-0.25, -0.2) is 0 Å². The van der Waals surface area contributed by atoms with Crippen LogP contribution in [0.3, 0.4) is 0 Å². The SMILES string of the molecule is COc1cc2c(cc1OCCN1CCCCC1)N(C(=O)C=Cc1ccccc1Cl)CC2. The number of methoxy groups -OCH3 is 1. The zero-order valence-electron chi connectivity index (χ0n) is 18.0. The van der Waals surface area contributed by atoms with Crippen molar-refractivity contribution >= 4 is 29.3 Å². The molecule has 0 unspecified atom stereocenters. The highest BCUT2D eigenvalue weighted by molar-refractivity contribution is 6.32. The summed E-state index contributed by atoms with van der Waals surface area (Å²) in [6.07, 6.45) is 8.00. The van der Waals surface area contributed by atoms with Gasteiger partial charge in [0.05, 0.1) is 12.8 Å². The average Bonchev–Trinajstić information content (AvgIpc) is 3.21. The molecule has 0 N–H and O–H groups in total. The van der Waals surface area contributed by atoms with Crippen molar-refractivity contribution in [3.05, 3.63) is 58.6 Å². The summed E-state index contributed by atoms with van der Waals surface area (Å²) in [6, 6.07) is 11.4. The summed E-state index contributed by atoms with van der Waals surface area (Å²) in [4.78, 5) is 17.1. The highest BCUT2D eigenvalue weighted by Crippen LogP contribution is 2.39. The van der Waals surface area contributed by atoms with Crippen molar-refractivity contribution in [3.63, 3.8) is 0 Å². The molecule has 6 heteroatoms. The average molecular weight is 441 g/mol. The fourth-order valence-electron chi connectivity index (χ4n) is 4.23. The summed E-state index contributed by atoms with van der Waals surface area (Å²) >= 11 is 6.20. The number of anilines is 1. The minimum Gasteiger partial charge on any atom is -0.493 e. The number of benzene rings is 2. The van der Waals surface area contributed by atoms with Gasteiger partial charge in [-0.15, -0.1) is 0 Å². The molecular weight excluding hydrogens is 412 g/mol. The number of fused-ring (bicyclic) bond motifs is 1. The molecule has 31 heavy (non-hydrogen) atoms. The Bertz CT molecular complexity index is 954. The number of halogens is 1. The van der Waals surface area contributed by atoms with Crippen molar-refractivity contribution in [3.8, 4) is 11.5 Å². The molecule has 4 rings (SSSR count). The molecule has 1 fully saturated rings. The van der Waals surface area contributed by atoms with Crippen molar-refractivity contribution in [2.45, 2.75) is 25.7 Å². The van der Waals surface area contributed by atoms with Gasteiger partial charge in [0.2, 0.25) is 0 Å². The number of ether oxygens (including phenoxy) is 2. The molecule has 2 aromatic rings. The molecule has 5 nitrogen and oxygen atoms in total. The summed E-state index contributed by atoms with van der Waals surface area (Å²) in [5.41, 5.74) is 2.82. The normalized spacial score (nSPS) is 16.5.